The normalized spacial score (nSPS) is 22.9. The molecule has 0 amide bonds. The summed E-state index contributed by atoms with van der Waals surface area (Å²) < 4.78 is 16.3. The third kappa shape index (κ3) is 3.25. The third-order valence-corrected chi connectivity index (χ3v) is 5.27. The number of carbonyl (C=O) groups is 1. The van der Waals surface area contributed by atoms with E-state index in [0.29, 0.717) is 11.4 Å². The zero-order valence-corrected chi connectivity index (χ0v) is 15.1. The average Bonchev–Trinajstić information content (AvgIpc) is 2.57. The predicted molar refractivity (Wildman–Crippen MR) is 93.7 cm³/mol. The van der Waals surface area contributed by atoms with Crippen LogP contribution in [0.15, 0.2) is 41.0 Å². The summed E-state index contributed by atoms with van der Waals surface area (Å²) in [6.07, 6.45) is 1.25. The second-order valence-corrected chi connectivity index (χ2v) is 7.27. The van der Waals surface area contributed by atoms with Crippen LogP contribution in [0.25, 0.3) is 0 Å². The minimum Gasteiger partial charge on any atom is -0.387 e. The Kier molecular flexibility index (Phi) is 5.04. The maximum atomic E-state index is 15.5. The minimum atomic E-state index is -2.09. The highest BCUT2D eigenvalue weighted by molar-refractivity contribution is 9.10. The van der Waals surface area contributed by atoms with Crippen molar-refractivity contribution in [2.45, 2.75) is 37.5 Å². The van der Waals surface area contributed by atoms with Crippen molar-refractivity contribution in [1.29, 1.82) is 0 Å². The molecule has 0 radical (unpaired) electrons. The Morgan fingerprint density at radius 3 is 3.00 bits per heavy atom. The molecule has 0 saturated carbocycles. The van der Waals surface area contributed by atoms with Gasteiger partial charge in [-0.2, -0.15) is 0 Å². The van der Waals surface area contributed by atoms with E-state index in [1.54, 1.807) is 12.1 Å². The molecule has 2 atom stereocenters. The number of nitrogens with zero attached hydrogens (tertiary/aromatic N) is 1. The van der Waals surface area contributed by atoms with Gasteiger partial charge in [0, 0.05) is 27.7 Å². The minimum absolute atomic E-state index is 0.0280. The van der Waals surface area contributed by atoms with Gasteiger partial charge >= 0.3 is 0 Å². The molecule has 6 heteroatoms. The first-order chi connectivity index (χ1) is 11.4. The molecule has 0 spiro atoms. The number of aliphatic hydroxyl groups excluding tert-OH is 1. The summed E-state index contributed by atoms with van der Waals surface area (Å²) in [6, 6.07) is 8.54. The van der Waals surface area contributed by atoms with Crippen molar-refractivity contribution < 1.29 is 14.3 Å². The van der Waals surface area contributed by atoms with E-state index < -0.39 is 17.6 Å². The Morgan fingerprint density at radius 2 is 2.25 bits per heavy atom. The molecule has 2 aromatic rings. The zero-order chi connectivity index (χ0) is 17.3. The van der Waals surface area contributed by atoms with Crippen molar-refractivity contribution in [3.05, 3.63) is 62.8 Å². The zero-order valence-electron chi connectivity index (χ0n) is 12.8. The van der Waals surface area contributed by atoms with Gasteiger partial charge < -0.3 is 5.11 Å². The molecule has 1 aromatic carbocycles. The van der Waals surface area contributed by atoms with Crippen molar-refractivity contribution in [2.75, 3.05) is 0 Å². The first-order valence-electron chi connectivity index (χ1n) is 7.71. The summed E-state index contributed by atoms with van der Waals surface area (Å²) in [5, 5.41) is 10.5. The standard InChI is InChI=1S/C18H16BrClFNO2/c19-12-5-3-11(14(20)10-12)4-6-16(24)18(21)8-7-15(23)17-13(18)2-1-9-22-17/h1-3,5,9-10,15,23H,4,6-8H2/t15-,18-/m1/s1. The first-order valence-corrected chi connectivity index (χ1v) is 8.88. The summed E-state index contributed by atoms with van der Waals surface area (Å²) in [7, 11) is 0. The number of Topliss-reactive ketones (excluding diaryl/α,β-unsaturated/α-hetero) is 1. The van der Waals surface area contributed by atoms with E-state index in [0.717, 1.165) is 10.0 Å². The molecular weight excluding hydrogens is 397 g/mol. The van der Waals surface area contributed by atoms with Gasteiger partial charge in [0.25, 0.3) is 0 Å². The van der Waals surface area contributed by atoms with Gasteiger partial charge in [-0.15, -0.1) is 0 Å². The monoisotopic (exact) mass is 411 g/mol. The van der Waals surface area contributed by atoms with Crippen LogP contribution >= 0.6 is 27.5 Å². The van der Waals surface area contributed by atoms with Gasteiger partial charge in [0.2, 0.25) is 0 Å². The number of alkyl halides is 1. The second-order valence-electron chi connectivity index (χ2n) is 5.95. The molecule has 0 aliphatic heterocycles. The fraction of sp³-hybridized carbons (Fsp3) is 0.333. The van der Waals surface area contributed by atoms with Crippen LogP contribution in [0.3, 0.4) is 0 Å². The summed E-state index contributed by atoms with van der Waals surface area (Å²) in [6.45, 7) is 0. The van der Waals surface area contributed by atoms with Crippen LogP contribution in [-0.4, -0.2) is 15.9 Å². The second kappa shape index (κ2) is 6.90. The summed E-state index contributed by atoms with van der Waals surface area (Å²) in [4.78, 5) is 16.7. The predicted octanol–water partition coefficient (Wildman–Crippen LogP) is 4.69. The Morgan fingerprint density at radius 1 is 1.46 bits per heavy atom. The quantitative estimate of drug-likeness (QED) is 0.792. The summed E-state index contributed by atoms with van der Waals surface area (Å²) in [5.41, 5.74) is -0.832. The Labute approximate surface area is 153 Å². The first kappa shape index (κ1) is 17.5. The molecule has 24 heavy (non-hydrogen) atoms. The van der Waals surface area contributed by atoms with E-state index in [1.165, 1.54) is 12.3 Å². The van der Waals surface area contributed by atoms with E-state index in [9.17, 15) is 9.90 Å². The lowest BCUT2D eigenvalue weighted by molar-refractivity contribution is -0.133. The van der Waals surface area contributed by atoms with E-state index in [2.05, 4.69) is 20.9 Å². The summed E-state index contributed by atoms with van der Waals surface area (Å²) >= 11 is 9.48. The maximum Gasteiger partial charge on any atom is 0.195 e. The van der Waals surface area contributed by atoms with Crippen LogP contribution in [0.5, 0.6) is 0 Å². The Bertz CT molecular complexity index is 785. The maximum absolute atomic E-state index is 15.5. The number of hydrogen-bond donors (Lipinski definition) is 1. The smallest absolute Gasteiger partial charge is 0.195 e. The number of rotatable bonds is 4. The topological polar surface area (TPSA) is 50.2 Å². The van der Waals surface area contributed by atoms with Crippen LogP contribution in [0, 0.1) is 0 Å². The molecule has 0 unspecified atom stereocenters. The van der Waals surface area contributed by atoms with Crippen molar-refractivity contribution in [1.82, 2.24) is 4.98 Å². The molecular formula is C18H16BrClFNO2. The summed E-state index contributed by atoms with van der Waals surface area (Å²) in [5.74, 6) is -0.498. The molecule has 1 aromatic heterocycles. The Balaban J connectivity index is 1.81. The highest BCUT2D eigenvalue weighted by Crippen LogP contribution is 2.43. The molecule has 1 aliphatic carbocycles. The van der Waals surface area contributed by atoms with Gasteiger partial charge in [-0.25, -0.2) is 4.39 Å². The van der Waals surface area contributed by atoms with Crippen LogP contribution in [-0.2, 0) is 16.9 Å². The number of halogens is 3. The van der Waals surface area contributed by atoms with Crippen molar-refractivity contribution in [3.63, 3.8) is 0 Å². The van der Waals surface area contributed by atoms with E-state index >= 15 is 4.39 Å². The van der Waals surface area contributed by atoms with Gasteiger partial charge in [0.1, 0.15) is 0 Å². The number of benzene rings is 1. The molecule has 3 rings (SSSR count). The fourth-order valence-electron chi connectivity index (χ4n) is 3.09. The van der Waals surface area contributed by atoms with Crippen LogP contribution < -0.4 is 0 Å². The van der Waals surface area contributed by atoms with E-state index in [4.69, 9.17) is 11.6 Å². The van der Waals surface area contributed by atoms with Crippen LogP contribution in [0.4, 0.5) is 4.39 Å². The van der Waals surface area contributed by atoms with Crippen molar-refractivity contribution in [3.8, 4) is 0 Å². The number of pyridine rings is 1. The van der Waals surface area contributed by atoms with Gasteiger partial charge in [-0.3, -0.25) is 9.78 Å². The highest BCUT2D eigenvalue weighted by Gasteiger charge is 2.45. The highest BCUT2D eigenvalue weighted by atomic mass is 79.9. The van der Waals surface area contributed by atoms with Gasteiger partial charge in [0.15, 0.2) is 11.5 Å². The number of aryl methyl sites for hydroxylation is 1. The van der Waals surface area contributed by atoms with Crippen LogP contribution in [0.1, 0.15) is 42.2 Å². The molecule has 0 saturated heterocycles. The van der Waals surface area contributed by atoms with Crippen LogP contribution in [0.2, 0.25) is 5.02 Å². The number of ketones is 1. The number of aliphatic hydroxyl groups is 1. The fourth-order valence-corrected chi connectivity index (χ4v) is 3.85. The van der Waals surface area contributed by atoms with E-state index in [1.807, 2.05) is 12.1 Å². The lowest BCUT2D eigenvalue weighted by Gasteiger charge is -2.32. The molecule has 0 bridgehead atoms. The van der Waals surface area contributed by atoms with Gasteiger partial charge in [-0.05, 0) is 43.0 Å². The lowest BCUT2D eigenvalue weighted by Crippen LogP contribution is -2.36. The molecule has 3 nitrogen and oxygen atoms in total. The lowest BCUT2D eigenvalue weighted by atomic mass is 9.77. The molecule has 0 fully saturated rings. The molecule has 126 valence electrons. The van der Waals surface area contributed by atoms with Crippen molar-refractivity contribution >= 4 is 33.3 Å². The average molecular weight is 413 g/mol. The largest absolute Gasteiger partial charge is 0.387 e. The van der Waals surface area contributed by atoms with E-state index in [-0.39, 0.29) is 30.5 Å². The molecule has 1 N–H and O–H groups in total. The Hall–Kier alpha value is -1.30. The number of carbonyl (C=O) groups excluding carboxylic acids is 1. The van der Waals surface area contributed by atoms with Gasteiger partial charge in [0.05, 0.1) is 11.8 Å². The molecule has 1 heterocycles. The van der Waals surface area contributed by atoms with Gasteiger partial charge in [-0.1, -0.05) is 39.7 Å². The number of hydrogen-bond acceptors (Lipinski definition) is 3. The van der Waals surface area contributed by atoms with Crippen molar-refractivity contribution in [2.24, 2.45) is 0 Å². The number of fused-ring (bicyclic) bond motifs is 1. The molecule has 1 aliphatic rings. The number of aromatic nitrogens is 1. The SMILES string of the molecule is O=C(CCc1ccc(Br)cc1Cl)[C@@]1(F)CC[C@@H](O)c2ncccc21. The third-order valence-electron chi connectivity index (χ3n) is 4.42.